The van der Waals surface area contributed by atoms with Crippen LogP contribution in [0.25, 0.3) is 17.1 Å². The molecule has 14 nitrogen and oxygen atoms in total. The van der Waals surface area contributed by atoms with E-state index in [0.29, 0.717) is 28.3 Å². The van der Waals surface area contributed by atoms with Gasteiger partial charge in [-0.1, -0.05) is 12.1 Å². The smallest absolute Gasteiger partial charge is 0.377 e. The Balaban J connectivity index is 1.57. The molecule has 0 saturated carbocycles. The number of nitrogens with two attached hydrogens (primary N) is 1. The van der Waals surface area contributed by atoms with Gasteiger partial charge >= 0.3 is 11.7 Å². The molecule has 2 aromatic carbocycles. The fourth-order valence-electron chi connectivity index (χ4n) is 3.01. The molecule has 35 heavy (non-hydrogen) atoms. The van der Waals surface area contributed by atoms with Gasteiger partial charge in [-0.25, -0.2) is 5.43 Å². The molecule has 1 amide bonds. The van der Waals surface area contributed by atoms with Crippen LogP contribution in [0.3, 0.4) is 0 Å². The number of anilines is 1. The molecule has 0 spiro atoms. The number of carboxylic acids is 1. The Bertz CT molecular complexity index is 1380. The van der Waals surface area contributed by atoms with Crippen molar-refractivity contribution in [1.82, 2.24) is 26.1 Å². The van der Waals surface area contributed by atoms with Gasteiger partial charge in [-0.15, -0.1) is 9.90 Å². The number of nitrogen functional groups attached to an aromatic ring is 1. The Morgan fingerprint density at radius 1 is 1.23 bits per heavy atom. The summed E-state index contributed by atoms with van der Waals surface area (Å²) in [5.41, 5.74) is 9.73. The molecule has 0 radical (unpaired) electrons. The van der Waals surface area contributed by atoms with Gasteiger partial charge in [0.25, 0.3) is 11.5 Å². The van der Waals surface area contributed by atoms with Crippen LogP contribution in [0.15, 0.2) is 58.3 Å². The number of aliphatic carboxylic acids is 1. The number of nitrogens with one attached hydrogen (secondary N) is 2. The average Bonchev–Trinajstić information content (AvgIpc) is 3.49. The summed E-state index contributed by atoms with van der Waals surface area (Å²) in [6.45, 7) is -0.557. The second kappa shape index (κ2) is 10.1. The van der Waals surface area contributed by atoms with Gasteiger partial charge in [0.1, 0.15) is 23.3 Å². The average molecular weight is 478 g/mol. The lowest BCUT2D eigenvalue weighted by Crippen LogP contribution is -2.37. The fourth-order valence-corrected chi connectivity index (χ4v) is 3.01. The van der Waals surface area contributed by atoms with E-state index in [4.69, 9.17) is 15.2 Å². The number of aromatic nitrogens is 5. The molecule has 0 bridgehead atoms. The summed E-state index contributed by atoms with van der Waals surface area (Å²) in [5.74, 6) is -0.954. The number of amides is 1. The second-order valence-corrected chi connectivity index (χ2v) is 6.88. The predicted molar refractivity (Wildman–Crippen MR) is 116 cm³/mol. The van der Waals surface area contributed by atoms with Crippen LogP contribution in [0.4, 0.5) is 5.82 Å². The first kappa shape index (κ1) is 22.9. The number of benzene rings is 2. The maximum absolute atomic E-state index is 12.9. The predicted octanol–water partition coefficient (Wildman–Crippen LogP) is -0.780. The highest BCUT2D eigenvalue weighted by molar-refractivity contribution is 5.97. The van der Waals surface area contributed by atoms with Gasteiger partial charge in [0.15, 0.2) is 5.69 Å². The molecule has 0 aliphatic carbocycles. The number of hydrogen-bond donors (Lipinski definition) is 3. The summed E-state index contributed by atoms with van der Waals surface area (Å²) in [4.78, 5) is 23.4. The van der Waals surface area contributed by atoms with Gasteiger partial charge < -0.3 is 25.1 Å². The van der Waals surface area contributed by atoms with Gasteiger partial charge in [-0.05, 0) is 52.2 Å². The maximum atomic E-state index is 12.9. The van der Waals surface area contributed by atoms with E-state index < -0.39 is 18.5 Å². The number of H-pyrrole nitrogens is 1. The summed E-state index contributed by atoms with van der Waals surface area (Å²) >= 11 is 0. The van der Waals surface area contributed by atoms with Gasteiger partial charge in [-0.2, -0.15) is 9.73 Å². The van der Waals surface area contributed by atoms with Crippen molar-refractivity contribution in [3.8, 4) is 28.6 Å². The third kappa shape index (κ3) is 5.22. The Morgan fingerprint density at radius 3 is 2.71 bits per heavy atom. The Hall–Kier alpha value is -5.27. The number of rotatable bonds is 9. The zero-order chi connectivity index (χ0) is 24.8. The Labute approximate surface area is 196 Å². The van der Waals surface area contributed by atoms with Crippen LogP contribution in [-0.4, -0.2) is 52.4 Å². The van der Waals surface area contributed by atoms with E-state index in [9.17, 15) is 14.7 Å². The number of carboxylic acid groups (broad SMARTS) is 1. The number of aromatic amines is 1. The third-order valence-corrected chi connectivity index (χ3v) is 4.59. The molecule has 4 aromatic rings. The lowest BCUT2D eigenvalue weighted by molar-refractivity contribution is -0.652. The first-order valence-corrected chi connectivity index (χ1v) is 9.95. The molecular weight excluding hydrogens is 460 g/mol. The van der Waals surface area contributed by atoms with E-state index in [1.54, 1.807) is 48.5 Å². The highest BCUT2D eigenvalue weighted by Crippen LogP contribution is 2.24. The van der Waals surface area contributed by atoms with Crippen molar-refractivity contribution in [2.24, 2.45) is 5.10 Å². The van der Waals surface area contributed by atoms with E-state index in [-0.39, 0.29) is 17.3 Å². The Kier molecular flexibility index (Phi) is 6.62. The van der Waals surface area contributed by atoms with Crippen molar-refractivity contribution in [1.29, 1.82) is 0 Å². The first-order chi connectivity index (χ1) is 17.0. The summed E-state index contributed by atoms with van der Waals surface area (Å²) in [6, 6.07) is 13.3. The number of carbonyl (C=O) groups is 2. The zero-order valence-electron chi connectivity index (χ0n) is 18.2. The van der Waals surface area contributed by atoms with Crippen LogP contribution in [-0.2, 0) is 4.79 Å². The van der Waals surface area contributed by atoms with Gasteiger partial charge in [0, 0.05) is 5.56 Å². The minimum atomic E-state index is -1.33. The normalized spacial score (nSPS) is 10.9. The van der Waals surface area contributed by atoms with Gasteiger partial charge in [0.2, 0.25) is 0 Å². The minimum Gasteiger partial charge on any atom is -0.546 e. The van der Waals surface area contributed by atoms with Crippen molar-refractivity contribution >= 4 is 23.9 Å². The monoisotopic (exact) mass is 478 g/mol. The van der Waals surface area contributed by atoms with Crippen LogP contribution in [0.2, 0.25) is 0 Å². The summed E-state index contributed by atoms with van der Waals surface area (Å²) < 4.78 is 16.3. The number of ether oxygens (including phenoxy) is 2. The molecule has 4 N–H and O–H groups in total. The summed E-state index contributed by atoms with van der Waals surface area (Å²) in [6.07, 6.45) is 1.39. The van der Waals surface area contributed by atoms with Crippen molar-refractivity contribution < 1.29 is 33.5 Å². The standard InChI is InChI=1S/C21H18N8O6/c1-33-15-4-2-3-13(9-15)18-17(24-28-29(18)20-19(22)26-35-27-20)21(32)25-23-10-12-5-7-14(8-6-12)34-11-16(30)31/h2-10H,11H2,1H3,(H4,22,25,26,30,31,32)/b23-10+. The second-order valence-electron chi connectivity index (χ2n) is 6.88. The Morgan fingerprint density at radius 2 is 2.03 bits per heavy atom. The highest BCUT2D eigenvalue weighted by Gasteiger charge is 2.31. The number of hydrogen-bond acceptors (Lipinski definition) is 11. The molecule has 0 fully saturated rings. The summed E-state index contributed by atoms with van der Waals surface area (Å²) in [5, 5.41) is 28.5. The SMILES string of the molecule is COc1cccc(-c2c(C(=O)N/N=C/c3ccc(OCC(=O)[O-])cc3)n[nH][n+]2-c2nonc2N)c1. The van der Waals surface area contributed by atoms with E-state index in [1.807, 2.05) is 0 Å². The molecule has 0 aliphatic heterocycles. The van der Waals surface area contributed by atoms with E-state index >= 15 is 0 Å². The van der Waals surface area contributed by atoms with Gasteiger partial charge in [0.05, 0.1) is 19.3 Å². The number of hydrazone groups is 1. The van der Waals surface area contributed by atoms with Crippen LogP contribution in [0, 0.1) is 0 Å². The van der Waals surface area contributed by atoms with Gasteiger partial charge in [-0.3, -0.25) is 4.79 Å². The zero-order valence-corrected chi connectivity index (χ0v) is 18.2. The van der Waals surface area contributed by atoms with Crippen LogP contribution < -0.4 is 30.4 Å². The molecular formula is C21H18N8O6. The maximum Gasteiger partial charge on any atom is 0.377 e. The number of nitrogens with zero attached hydrogens (tertiary/aromatic N) is 5. The molecule has 0 atom stereocenters. The minimum absolute atomic E-state index is 0.0103. The lowest BCUT2D eigenvalue weighted by atomic mass is 10.1. The van der Waals surface area contributed by atoms with Crippen LogP contribution >= 0.6 is 0 Å². The van der Waals surface area contributed by atoms with Crippen LogP contribution in [0.1, 0.15) is 16.1 Å². The molecule has 178 valence electrons. The van der Waals surface area contributed by atoms with E-state index in [1.165, 1.54) is 18.0 Å². The molecule has 14 heteroatoms. The van der Waals surface area contributed by atoms with Crippen LogP contribution in [0.5, 0.6) is 11.5 Å². The molecule has 0 saturated heterocycles. The molecule has 2 aromatic heterocycles. The summed E-state index contributed by atoms with van der Waals surface area (Å²) in [7, 11) is 1.52. The topological polar surface area (TPSA) is 198 Å². The van der Waals surface area contributed by atoms with Crippen molar-refractivity contribution in [2.45, 2.75) is 0 Å². The largest absolute Gasteiger partial charge is 0.546 e. The molecule has 4 rings (SSSR count). The quantitative estimate of drug-likeness (QED) is 0.156. The van der Waals surface area contributed by atoms with Crippen molar-refractivity contribution in [3.05, 3.63) is 59.8 Å². The van der Waals surface area contributed by atoms with Crippen molar-refractivity contribution in [2.75, 3.05) is 19.5 Å². The molecule has 0 aliphatic rings. The lowest BCUT2D eigenvalue weighted by Gasteiger charge is -2.06. The number of methoxy groups -OCH3 is 1. The van der Waals surface area contributed by atoms with E-state index in [2.05, 4.69) is 35.8 Å². The number of carbonyl (C=O) groups excluding carboxylic acids is 2. The van der Waals surface area contributed by atoms with Crippen molar-refractivity contribution in [3.63, 3.8) is 0 Å². The third-order valence-electron chi connectivity index (χ3n) is 4.59. The van der Waals surface area contributed by atoms with E-state index in [0.717, 1.165) is 0 Å². The fraction of sp³-hybridized carbons (Fsp3) is 0.0952. The first-order valence-electron chi connectivity index (χ1n) is 9.95. The molecule has 2 heterocycles. The highest BCUT2D eigenvalue weighted by atomic mass is 16.6. The molecule has 0 unspecified atom stereocenters.